The van der Waals surface area contributed by atoms with Crippen LogP contribution in [-0.4, -0.2) is 50.5 Å². The number of ether oxygens (including phenoxy) is 1. The van der Waals surface area contributed by atoms with E-state index in [1.54, 1.807) is 0 Å². The highest BCUT2D eigenvalue weighted by Crippen LogP contribution is 2.46. The predicted molar refractivity (Wildman–Crippen MR) is 93.4 cm³/mol. The number of carboxylic acids is 1. The number of sulfone groups is 2. The topological polar surface area (TPSA) is 132 Å². The molecule has 0 bridgehead atoms. The summed E-state index contributed by atoms with van der Waals surface area (Å²) >= 11 is 0. The van der Waals surface area contributed by atoms with Crippen LogP contribution in [0, 0.1) is 6.92 Å². The summed E-state index contributed by atoms with van der Waals surface area (Å²) in [5.74, 6) is -2.18. The molecule has 1 atom stereocenters. The molecular formula is C16H20O8S2. The van der Waals surface area contributed by atoms with Gasteiger partial charge in [-0.05, 0) is 38.0 Å². The molecule has 1 N–H and O–H groups in total. The Kier molecular flexibility index (Phi) is 4.53. The van der Waals surface area contributed by atoms with Crippen molar-refractivity contribution in [3.8, 4) is 0 Å². The molecule has 0 saturated carbocycles. The molecule has 0 aromatic heterocycles. The summed E-state index contributed by atoms with van der Waals surface area (Å²) in [6, 6.07) is 2.61. The minimum atomic E-state index is -4.38. The van der Waals surface area contributed by atoms with Crippen LogP contribution in [0.1, 0.15) is 40.9 Å². The number of aliphatic carboxylic acids is 1. The molecule has 1 aliphatic rings. The second kappa shape index (κ2) is 5.78. The highest BCUT2D eigenvalue weighted by molar-refractivity contribution is 8.09. The maximum Gasteiger partial charge on any atom is 0.338 e. The Balaban J connectivity index is 2.98. The number of cyclic esters (lactones) is 1. The second-order valence-corrected chi connectivity index (χ2v) is 11.7. The van der Waals surface area contributed by atoms with E-state index in [0.717, 1.165) is 13.8 Å². The highest BCUT2D eigenvalue weighted by atomic mass is 32.3. The molecule has 1 aliphatic heterocycles. The Morgan fingerprint density at radius 1 is 1.12 bits per heavy atom. The zero-order chi connectivity index (χ0) is 20.3. The Hall–Kier alpha value is -1.94. The number of carbonyl (C=O) groups is 2. The molecule has 8 nitrogen and oxygen atoms in total. The minimum absolute atomic E-state index is 0.000370. The van der Waals surface area contributed by atoms with E-state index in [0.29, 0.717) is 23.6 Å². The van der Waals surface area contributed by atoms with E-state index in [1.807, 2.05) is 0 Å². The van der Waals surface area contributed by atoms with Crippen molar-refractivity contribution in [2.24, 2.45) is 0 Å². The molecule has 1 aromatic carbocycles. The van der Waals surface area contributed by atoms with E-state index in [1.165, 1.54) is 19.1 Å². The SMILES string of the molecule is Cc1c(C(C)(C(=O)O)C(C)(S(C)(=O)=O)S(C)(=O)=O)ccc2c1COC2=O. The minimum Gasteiger partial charge on any atom is -0.481 e. The van der Waals surface area contributed by atoms with Gasteiger partial charge in [0.25, 0.3) is 0 Å². The fourth-order valence-electron chi connectivity index (χ4n) is 3.46. The number of fused-ring (bicyclic) bond motifs is 1. The van der Waals surface area contributed by atoms with Gasteiger partial charge in [-0.1, -0.05) is 6.07 Å². The molecule has 0 spiro atoms. The third kappa shape index (κ3) is 2.46. The Bertz CT molecular complexity index is 989. The molecule has 144 valence electrons. The van der Waals surface area contributed by atoms with Gasteiger partial charge in [0.1, 0.15) is 12.0 Å². The molecule has 2 rings (SSSR count). The first-order valence-electron chi connectivity index (χ1n) is 7.53. The number of esters is 1. The van der Waals surface area contributed by atoms with Crippen LogP contribution < -0.4 is 0 Å². The number of rotatable bonds is 5. The maximum atomic E-state index is 12.5. The summed E-state index contributed by atoms with van der Waals surface area (Å²) in [5, 5.41) is 9.95. The average molecular weight is 404 g/mol. The van der Waals surface area contributed by atoms with Gasteiger partial charge in [0.05, 0.1) is 5.56 Å². The third-order valence-electron chi connectivity index (χ3n) is 5.46. The van der Waals surface area contributed by atoms with Crippen molar-refractivity contribution in [3.05, 3.63) is 34.4 Å². The first kappa shape index (κ1) is 20.4. The van der Waals surface area contributed by atoms with E-state index in [-0.39, 0.29) is 17.7 Å². The van der Waals surface area contributed by atoms with E-state index in [9.17, 15) is 31.5 Å². The maximum absolute atomic E-state index is 12.5. The summed E-state index contributed by atoms with van der Waals surface area (Å²) in [6.45, 7) is 3.41. The molecule has 0 saturated heterocycles. The number of carboxylic acid groups (broad SMARTS) is 1. The molecule has 10 heteroatoms. The Labute approximate surface area is 152 Å². The van der Waals surface area contributed by atoms with Gasteiger partial charge in [-0.25, -0.2) is 21.6 Å². The van der Waals surface area contributed by atoms with Gasteiger partial charge in [0, 0.05) is 18.1 Å². The monoisotopic (exact) mass is 404 g/mol. The third-order valence-corrected chi connectivity index (χ3v) is 10.9. The van der Waals surface area contributed by atoms with E-state index in [2.05, 4.69) is 0 Å². The van der Waals surface area contributed by atoms with Gasteiger partial charge in [0.2, 0.25) is 0 Å². The van der Waals surface area contributed by atoms with Crippen LogP contribution in [0.5, 0.6) is 0 Å². The Morgan fingerprint density at radius 2 is 1.62 bits per heavy atom. The van der Waals surface area contributed by atoms with Crippen molar-refractivity contribution in [3.63, 3.8) is 0 Å². The van der Waals surface area contributed by atoms with E-state index in [4.69, 9.17) is 4.74 Å². The molecule has 1 aromatic rings. The number of hydrogen-bond acceptors (Lipinski definition) is 7. The molecule has 0 amide bonds. The number of carbonyl (C=O) groups excluding carboxylic acids is 1. The van der Waals surface area contributed by atoms with Crippen LogP contribution in [0.2, 0.25) is 0 Å². The summed E-state index contributed by atoms with van der Waals surface area (Å²) in [5.41, 5.74) is -1.33. The van der Waals surface area contributed by atoms with Crippen LogP contribution in [0.3, 0.4) is 0 Å². The van der Waals surface area contributed by atoms with Crippen molar-refractivity contribution >= 4 is 31.6 Å². The van der Waals surface area contributed by atoms with Crippen molar-refractivity contribution in [2.75, 3.05) is 12.5 Å². The van der Waals surface area contributed by atoms with Crippen LogP contribution >= 0.6 is 0 Å². The molecule has 0 aliphatic carbocycles. The van der Waals surface area contributed by atoms with E-state index >= 15 is 0 Å². The normalized spacial score (nSPS) is 17.3. The van der Waals surface area contributed by atoms with Gasteiger partial charge in [-0.2, -0.15) is 0 Å². The van der Waals surface area contributed by atoms with Crippen LogP contribution in [0.4, 0.5) is 0 Å². The van der Waals surface area contributed by atoms with Crippen molar-refractivity contribution < 1.29 is 36.3 Å². The van der Waals surface area contributed by atoms with Gasteiger partial charge < -0.3 is 9.84 Å². The highest BCUT2D eigenvalue weighted by Gasteiger charge is 2.64. The average Bonchev–Trinajstić information content (AvgIpc) is 2.86. The first-order chi connectivity index (χ1) is 11.6. The zero-order valence-corrected chi connectivity index (χ0v) is 16.6. The summed E-state index contributed by atoms with van der Waals surface area (Å²) in [7, 11) is -8.76. The lowest BCUT2D eigenvalue weighted by Crippen LogP contribution is -2.61. The van der Waals surface area contributed by atoms with E-state index < -0.39 is 41.1 Å². The van der Waals surface area contributed by atoms with Crippen molar-refractivity contribution in [2.45, 2.75) is 36.9 Å². The lowest BCUT2D eigenvalue weighted by molar-refractivity contribution is -0.143. The smallest absolute Gasteiger partial charge is 0.338 e. The zero-order valence-electron chi connectivity index (χ0n) is 15.0. The largest absolute Gasteiger partial charge is 0.481 e. The predicted octanol–water partition coefficient (Wildman–Crippen LogP) is 0.813. The van der Waals surface area contributed by atoms with Gasteiger partial charge >= 0.3 is 11.9 Å². The van der Waals surface area contributed by atoms with Gasteiger partial charge in [-0.3, -0.25) is 4.79 Å². The molecular weight excluding hydrogens is 384 g/mol. The van der Waals surface area contributed by atoms with Crippen molar-refractivity contribution in [1.82, 2.24) is 0 Å². The number of hydrogen-bond donors (Lipinski definition) is 1. The molecule has 26 heavy (non-hydrogen) atoms. The fourth-order valence-corrected chi connectivity index (χ4v) is 7.54. The Morgan fingerprint density at radius 3 is 2.04 bits per heavy atom. The molecule has 0 fully saturated rings. The standard InChI is InChI=1S/C16H20O8S2/c1-9-11-8-24-13(17)10(11)6-7-12(9)15(2,14(18)19)16(3,25(4,20)21)26(5,22)23/h6-7H,8H2,1-5H3,(H,18,19). The first-order valence-corrected chi connectivity index (χ1v) is 11.3. The van der Waals surface area contributed by atoms with Crippen LogP contribution in [0.25, 0.3) is 0 Å². The molecule has 1 unspecified atom stereocenters. The van der Waals surface area contributed by atoms with Gasteiger partial charge in [-0.15, -0.1) is 0 Å². The number of benzene rings is 1. The second-order valence-electron chi connectivity index (χ2n) is 6.76. The van der Waals surface area contributed by atoms with Crippen LogP contribution in [-0.2, 0) is 41.2 Å². The fraction of sp³-hybridized carbons (Fsp3) is 0.500. The quantitative estimate of drug-likeness (QED) is 0.713. The summed E-state index contributed by atoms with van der Waals surface area (Å²) in [6.07, 6.45) is 1.40. The van der Waals surface area contributed by atoms with Crippen molar-refractivity contribution in [1.29, 1.82) is 0 Å². The van der Waals surface area contributed by atoms with Crippen LogP contribution in [0.15, 0.2) is 12.1 Å². The lowest BCUT2D eigenvalue weighted by Gasteiger charge is -2.41. The summed E-state index contributed by atoms with van der Waals surface area (Å²) < 4.78 is 52.3. The van der Waals surface area contributed by atoms with Gasteiger partial charge in [0.15, 0.2) is 23.8 Å². The molecule has 1 heterocycles. The summed E-state index contributed by atoms with van der Waals surface area (Å²) in [4.78, 5) is 23.9. The molecule has 0 radical (unpaired) electrons. The lowest BCUT2D eigenvalue weighted by atomic mass is 9.75.